The second kappa shape index (κ2) is 9.96. The Morgan fingerprint density at radius 2 is 2.00 bits per heavy atom. The summed E-state index contributed by atoms with van der Waals surface area (Å²) in [6.45, 7) is 6.92. The third-order valence-corrected chi connectivity index (χ3v) is 7.83. The van der Waals surface area contributed by atoms with Gasteiger partial charge < -0.3 is 14.8 Å². The van der Waals surface area contributed by atoms with E-state index in [1.807, 2.05) is 20.8 Å². The highest BCUT2D eigenvalue weighted by atomic mass is 35.5. The van der Waals surface area contributed by atoms with Gasteiger partial charge in [0.2, 0.25) is 10.0 Å². The predicted molar refractivity (Wildman–Crippen MR) is 115 cm³/mol. The molecule has 7 nitrogen and oxygen atoms in total. The van der Waals surface area contributed by atoms with E-state index in [9.17, 15) is 13.2 Å². The predicted octanol–water partition coefficient (Wildman–Crippen LogP) is 3.22. The van der Waals surface area contributed by atoms with E-state index in [2.05, 4.69) is 5.32 Å². The van der Waals surface area contributed by atoms with Crippen molar-refractivity contribution < 1.29 is 22.7 Å². The van der Waals surface area contributed by atoms with E-state index in [1.54, 1.807) is 6.07 Å². The first kappa shape index (κ1) is 23.5. The number of hydrogen-bond acceptors (Lipinski definition) is 5. The van der Waals surface area contributed by atoms with Crippen molar-refractivity contribution in [3.05, 3.63) is 28.8 Å². The van der Waals surface area contributed by atoms with Gasteiger partial charge in [-0.1, -0.05) is 11.6 Å². The van der Waals surface area contributed by atoms with E-state index >= 15 is 0 Å². The standard InChI is InChI=1S/C21H31ClN2O5S/c1-14(6-8-18-5-4-10-28-18)23-21(25)17-7-9-19(22)20(11-17)30(26,27)24-12-15(2)29-16(3)13-24/h7,9,11,14-16,18H,4-6,8,10,12-13H2,1-3H3,(H,23,25). The van der Waals surface area contributed by atoms with Gasteiger partial charge in [0.05, 0.1) is 23.3 Å². The number of rotatable bonds is 7. The van der Waals surface area contributed by atoms with Crippen LogP contribution in [0.15, 0.2) is 23.1 Å². The minimum Gasteiger partial charge on any atom is -0.378 e. The topological polar surface area (TPSA) is 84.9 Å². The number of carbonyl (C=O) groups excluding carboxylic acids is 1. The van der Waals surface area contributed by atoms with Gasteiger partial charge in [-0.2, -0.15) is 4.31 Å². The lowest BCUT2D eigenvalue weighted by Gasteiger charge is -2.34. The van der Waals surface area contributed by atoms with Crippen LogP contribution in [0.3, 0.4) is 0 Å². The summed E-state index contributed by atoms with van der Waals surface area (Å²) in [5, 5.41) is 3.05. The molecule has 2 fully saturated rings. The van der Waals surface area contributed by atoms with Crippen molar-refractivity contribution >= 4 is 27.5 Å². The molecule has 2 saturated heterocycles. The summed E-state index contributed by atoms with van der Waals surface area (Å²) >= 11 is 6.22. The van der Waals surface area contributed by atoms with Crippen LogP contribution in [0.2, 0.25) is 5.02 Å². The third-order valence-electron chi connectivity index (χ3n) is 5.52. The third kappa shape index (κ3) is 5.73. The number of ether oxygens (including phenoxy) is 2. The van der Waals surface area contributed by atoms with Gasteiger partial charge in [0.25, 0.3) is 5.91 Å². The molecule has 0 bridgehead atoms. The average Bonchev–Trinajstić information content (AvgIpc) is 3.19. The molecular weight excluding hydrogens is 428 g/mol. The quantitative estimate of drug-likeness (QED) is 0.678. The molecular formula is C21H31ClN2O5S. The molecule has 2 aliphatic heterocycles. The van der Waals surface area contributed by atoms with Gasteiger partial charge >= 0.3 is 0 Å². The number of nitrogens with one attached hydrogen (secondary N) is 1. The summed E-state index contributed by atoms with van der Waals surface area (Å²) < 4.78 is 39.0. The van der Waals surface area contributed by atoms with E-state index in [0.29, 0.717) is 0 Å². The smallest absolute Gasteiger partial charge is 0.251 e. The Balaban J connectivity index is 1.69. The van der Waals surface area contributed by atoms with Gasteiger partial charge in [0, 0.05) is 31.3 Å². The number of morpholine rings is 1. The van der Waals surface area contributed by atoms with Gasteiger partial charge in [-0.05, 0) is 64.7 Å². The maximum absolute atomic E-state index is 13.2. The number of sulfonamides is 1. The molecule has 0 radical (unpaired) electrons. The molecule has 1 aromatic carbocycles. The molecule has 2 heterocycles. The van der Waals surface area contributed by atoms with Crippen molar-refractivity contribution in [3.63, 3.8) is 0 Å². The van der Waals surface area contributed by atoms with E-state index in [4.69, 9.17) is 21.1 Å². The summed E-state index contributed by atoms with van der Waals surface area (Å²) in [5.41, 5.74) is 0.274. The van der Waals surface area contributed by atoms with Crippen molar-refractivity contribution in [1.82, 2.24) is 9.62 Å². The number of benzene rings is 1. The van der Waals surface area contributed by atoms with E-state index in [0.717, 1.165) is 32.3 Å². The Labute approximate surface area is 184 Å². The van der Waals surface area contributed by atoms with Crippen LogP contribution >= 0.6 is 11.6 Å². The highest BCUT2D eigenvalue weighted by Gasteiger charge is 2.34. The van der Waals surface area contributed by atoms with Crippen LogP contribution in [0.1, 0.15) is 56.8 Å². The first-order valence-electron chi connectivity index (χ1n) is 10.5. The average molecular weight is 459 g/mol. The van der Waals surface area contributed by atoms with E-state index < -0.39 is 10.0 Å². The van der Waals surface area contributed by atoms with Crippen molar-refractivity contribution in [3.8, 4) is 0 Å². The fourth-order valence-corrected chi connectivity index (χ4v) is 6.09. The number of hydrogen-bond donors (Lipinski definition) is 1. The Bertz CT molecular complexity index is 847. The molecule has 30 heavy (non-hydrogen) atoms. The summed E-state index contributed by atoms with van der Waals surface area (Å²) in [7, 11) is -3.84. The molecule has 4 atom stereocenters. The van der Waals surface area contributed by atoms with Gasteiger partial charge in [-0.25, -0.2) is 8.42 Å². The highest BCUT2D eigenvalue weighted by molar-refractivity contribution is 7.89. The van der Waals surface area contributed by atoms with Crippen molar-refractivity contribution in [2.24, 2.45) is 0 Å². The van der Waals surface area contributed by atoms with Crippen molar-refractivity contribution in [2.45, 2.75) is 75.7 Å². The molecule has 0 aliphatic carbocycles. The largest absolute Gasteiger partial charge is 0.378 e. The van der Waals surface area contributed by atoms with Crippen molar-refractivity contribution in [1.29, 1.82) is 0 Å². The molecule has 1 amide bonds. The molecule has 1 N–H and O–H groups in total. The first-order valence-corrected chi connectivity index (χ1v) is 12.4. The highest BCUT2D eigenvalue weighted by Crippen LogP contribution is 2.28. The number of carbonyl (C=O) groups is 1. The number of amides is 1. The maximum atomic E-state index is 13.2. The SMILES string of the molecule is CC(CCC1CCCO1)NC(=O)c1ccc(Cl)c(S(=O)(=O)N2CC(C)OC(C)C2)c1. The zero-order valence-corrected chi connectivity index (χ0v) is 19.3. The Hall–Kier alpha value is -1.19. The van der Waals surface area contributed by atoms with E-state index in [-0.39, 0.29) is 58.8 Å². The second-order valence-corrected chi connectivity index (χ2v) is 10.6. The summed E-state index contributed by atoms with van der Waals surface area (Å²) in [5.74, 6) is -0.313. The molecule has 3 rings (SSSR count). The zero-order chi connectivity index (χ0) is 21.9. The lowest BCUT2D eigenvalue weighted by atomic mass is 10.1. The molecule has 0 aromatic heterocycles. The normalized spacial score (nSPS) is 26.5. The molecule has 1 aromatic rings. The van der Waals surface area contributed by atoms with Gasteiger partial charge in [0.15, 0.2) is 0 Å². The van der Waals surface area contributed by atoms with Gasteiger partial charge in [-0.15, -0.1) is 0 Å². The number of halogens is 1. The van der Waals surface area contributed by atoms with E-state index in [1.165, 1.54) is 16.4 Å². The Morgan fingerprint density at radius 3 is 2.63 bits per heavy atom. The molecule has 0 saturated carbocycles. The first-order chi connectivity index (χ1) is 14.2. The van der Waals surface area contributed by atoms with Crippen LogP contribution in [-0.2, 0) is 19.5 Å². The molecule has 0 spiro atoms. The monoisotopic (exact) mass is 458 g/mol. The molecule has 2 aliphatic rings. The van der Waals surface area contributed by atoms with Crippen LogP contribution in [0.5, 0.6) is 0 Å². The van der Waals surface area contributed by atoms with Gasteiger partial charge in [-0.3, -0.25) is 4.79 Å². The van der Waals surface area contributed by atoms with Crippen molar-refractivity contribution in [2.75, 3.05) is 19.7 Å². The second-order valence-electron chi connectivity index (χ2n) is 8.31. The zero-order valence-electron chi connectivity index (χ0n) is 17.8. The fraction of sp³-hybridized carbons (Fsp3) is 0.667. The lowest BCUT2D eigenvalue weighted by Crippen LogP contribution is -2.48. The summed E-state index contributed by atoms with van der Waals surface area (Å²) in [4.78, 5) is 12.7. The minimum absolute atomic E-state index is 0.0432. The molecule has 9 heteroatoms. The minimum atomic E-state index is -3.84. The Morgan fingerprint density at radius 1 is 1.30 bits per heavy atom. The summed E-state index contributed by atoms with van der Waals surface area (Å²) in [6, 6.07) is 4.34. The lowest BCUT2D eigenvalue weighted by molar-refractivity contribution is -0.0440. The maximum Gasteiger partial charge on any atom is 0.251 e. The number of nitrogens with zero attached hydrogens (tertiary/aromatic N) is 1. The van der Waals surface area contributed by atoms with Crippen LogP contribution in [0.4, 0.5) is 0 Å². The molecule has 168 valence electrons. The summed E-state index contributed by atoms with van der Waals surface area (Å²) in [6.07, 6.45) is 3.71. The Kier molecular flexibility index (Phi) is 7.79. The molecule has 4 unspecified atom stereocenters. The van der Waals surface area contributed by atoms with Crippen LogP contribution in [0.25, 0.3) is 0 Å². The fourth-order valence-electron chi connectivity index (χ4n) is 4.00. The van der Waals surface area contributed by atoms with Gasteiger partial charge in [0.1, 0.15) is 4.90 Å². The van der Waals surface area contributed by atoms with Crippen LogP contribution in [-0.4, -0.2) is 62.7 Å². The van der Waals surface area contributed by atoms with Crippen LogP contribution < -0.4 is 5.32 Å². The van der Waals surface area contributed by atoms with Crippen LogP contribution in [0, 0.1) is 0 Å².